The lowest BCUT2D eigenvalue weighted by Gasteiger charge is -2.25. The molecule has 10 heteroatoms. The minimum absolute atomic E-state index is 0.0362. The number of rotatable bonds is 5. The number of methoxy groups -OCH3 is 1. The van der Waals surface area contributed by atoms with Crippen LogP contribution in [0.4, 0.5) is 18.9 Å². The summed E-state index contributed by atoms with van der Waals surface area (Å²) in [6.07, 6.45) is 2.04. The van der Waals surface area contributed by atoms with Gasteiger partial charge in [-0.15, -0.1) is 0 Å². The van der Waals surface area contributed by atoms with Gasteiger partial charge in [-0.3, -0.25) is 14.8 Å². The number of amides is 1. The molecule has 0 bridgehead atoms. The Morgan fingerprint density at radius 2 is 1.49 bits per heavy atom. The zero-order chi connectivity index (χ0) is 28.6. The number of anilines is 1. The molecule has 3 N–H and O–H groups in total. The van der Waals surface area contributed by atoms with E-state index in [-0.39, 0.29) is 17.0 Å². The van der Waals surface area contributed by atoms with Crippen molar-refractivity contribution in [2.24, 2.45) is 0 Å². The van der Waals surface area contributed by atoms with Crippen LogP contribution >= 0.6 is 0 Å². The van der Waals surface area contributed by atoms with Crippen LogP contribution in [0.25, 0.3) is 21.5 Å². The van der Waals surface area contributed by atoms with Crippen LogP contribution in [0.15, 0.2) is 48.8 Å². The molecule has 2 aliphatic heterocycles. The monoisotopic (exact) mass is 563 g/mol. The maximum atomic E-state index is 13.8. The third kappa shape index (κ3) is 5.46. The van der Waals surface area contributed by atoms with Gasteiger partial charge in [-0.25, -0.2) is 0 Å². The highest BCUT2D eigenvalue weighted by Crippen LogP contribution is 2.39. The van der Waals surface area contributed by atoms with E-state index in [9.17, 15) is 18.0 Å². The maximum Gasteiger partial charge on any atom is 0.433 e. The minimum Gasteiger partial charge on any atom is -0.496 e. The van der Waals surface area contributed by atoms with E-state index >= 15 is 0 Å². The lowest BCUT2D eigenvalue weighted by molar-refractivity contribution is -0.139. The number of nitrogens with one attached hydrogen (secondary N) is 3. The summed E-state index contributed by atoms with van der Waals surface area (Å²) in [6, 6.07) is 10.3. The van der Waals surface area contributed by atoms with E-state index in [1.54, 1.807) is 25.4 Å². The number of hydrogen-bond donors (Lipinski definition) is 3. The van der Waals surface area contributed by atoms with Gasteiger partial charge < -0.3 is 20.7 Å². The van der Waals surface area contributed by atoms with Crippen molar-refractivity contribution in [1.29, 1.82) is 0 Å². The molecular weight excluding hydrogens is 531 g/mol. The van der Waals surface area contributed by atoms with Crippen LogP contribution in [0.3, 0.4) is 0 Å². The second-order valence-electron chi connectivity index (χ2n) is 10.8. The lowest BCUT2D eigenvalue weighted by Crippen LogP contribution is -2.27. The number of carbonyl (C=O) groups excluding carboxylic acids is 1. The largest absolute Gasteiger partial charge is 0.496 e. The Balaban J connectivity index is 1.37. The van der Waals surface area contributed by atoms with Gasteiger partial charge in [0.25, 0.3) is 5.91 Å². The van der Waals surface area contributed by atoms with Crippen LogP contribution in [-0.4, -0.2) is 49.2 Å². The van der Waals surface area contributed by atoms with Gasteiger partial charge in [0.05, 0.1) is 7.11 Å². The Hall–Kier alpha value is -3.76. The fourth-order valence-corrected chi connectivity index (χ4v) is 6.25. The number of halogens is 3. The summed E-state index contributed by atoms with van der Waals surface area (Å²) < 4.78 is 47.0. The first-order valence-electron chi connectivity index (χ1n) is 14.0. The Labute approximate surface area is 235 Å². The summed E-state index contributed by atoms with van der Waals surface area (Å²) in [5.74, 6) is 0.698. The Morgan fingerprint density at radius 3 is 2.15 bits per heavy atom. The van der Waals surface area contributed by atoms with Crippen molar-refractivity contribution in [2.75, 3.05) is 38.6 Å². The number of benzene rings is 2. The number of aromatic nitrogens is 2. The van der Waals surface area contributed by atoms with Crippen LogP contribution < -0.4 is 20.7 Å². The van der Waals surface area contributed by atoms with Gasteiger partial charge in [-0.05, 0) is 110 Å². The zero-order valence-electron chi connectivity index (χ0n) is 22.8. The molecule has 2 aromatic heterocycles. The topological polar surface area (TPSA) is 88.2 Å². The van der Waals surface area contributed by atoms with Gasteiger partial charge in [-0.2, -0.15) is 13.2 Å². The molecule has 2 aliphatic rings. The number of carbonyl (C=O) groups is 1. The summed E-state index contributed by atoms with van der Waals surface area (Å²) in [6.45, 7) is 3.45. The molecule has 2 aromatic carbocycles. The summed E-state index contributed by atoms with van der Waals surface area (Å²) in [5, 5.41) is 11.8. The highest BCUT2D eigenvalue weighted by molar-refractivity contribution is 6.06. The van der Waals surface area contributed by atoms with E-state index in [1.807, 2.05) is 6.07 Å². The Morgan fingerprint density at radius 1 is 0.829 bits per heavy atom. The molecule has 0 aliphatic carbocycles. The molecule has 41 heavy (non-hydrogen) atoms. The van der Waals surface area contributed by atoms with Gasteiger partial charge in [0, 0.05) is 28.9 Å². The molecule has 2 saturated heterocycles. The van der Waals surface area contributed by atoms with Crippen molar-refractivity contribution in [3.63, 3.8) is 0 Å². The normalized spacial score (nSPS) is 17.2. The zero-order valence-corrected chi connectivity index (χ0v) is 22.8. The molecule has 214 valence electrons. The molecule has 6 rings (SSSR count). The number of alkyl halides is 3. The van der Waals surface area contributed by atoms with E-state index in [4.69, 9.17) is 4.74 Å². The van der Waals surface area contributed by atoms with E-state index in [0.29, 0.717) is 22.7 Å². The fraction of sp³-hybridized carbons (Fsp3) is 0.387. The molecule has 0 saturated carbocycles. The molecule has 7 nitrogen and oxygen atoms in total. The highest BCUT2D eigenvalue weighted by atomic mass is 19.4. The first-order chi connectivity index (χ1) is 19.8. The second kappa shape index (κ2) is 11.3. The number of ether oxygens (including phenoxy) is 1. The first kappa shape index (κ1) is 27.4. The lowest BCUT2D eigenvalue weighted by atomic mass is 9.87. The highest BCUT2D eigenvalue weighted by Gasteiger charge is 2.35. The standard InChI is InChI=1S/C31H32F3N5O2/c1-41-28-5-4-21(18-6-10-35-11-7-18)24-15-27(37-17-26(24)28)30(40)39-20-2-3-22-23(14-20)25(19-8-12-36-13-9-19)16-38-29(22)31(32,33)34/h2-5,14-19,35-36H,6-13H2,1H3,(H,39,40). The molecular formula is C31H32F3N5O2. The minimum atomic E-state index is -4.59. The van der Waals surface area contributed by atoms with E-state index in [0.717, 1.165) is 73.8 Å². The third-order valence-electron chi connectivity index (χ3n) is 8.35. The molecule has 4 aromatic rings. The summed E-state index contributed by atoms with van der Waals surface area (Å²) >= 11 is 0. The van der Waals surface area contributed by atoms with Crippen LogP contribution in [0.2, 0.25) is 0 Å². The van der Waals surface area contributed by atoms with Crippen LogP contribution in [0, 0.1) is 0 Å². The molecule has 0 radical (unpaired) electrons. The van der Waals surface area contributed by atoms with E-state index in [2.05, 4.69) is 32.0 Å². The second-order valence-corrected chi connectivity index (χ2v) is 10.8. The van der Waals surface area contributed by atoms with E-state index < -0.39 is 17.8 Å². The SMILES string of the molecule is COc1ccc(C2CCNCC2)c2cc(C(=O)Nc3ccc4c(C(F)(F)F)ncc(C5CCNCC5)c4c3)ncc12. The quantitative estimate of drug-likeness (QED) is 0.276. The van der Waals surface area contributed by atoms with Gasteiger partial charge in [0.2, 0.25) is 0 Å². The Bertz CT molecular complexity index is 1590. The molecule has 1 amide bonds. The molecule has 0 atom stereocenters. The van der Waals surface area contributed by atoms with Crippen LogP contribution in [-0.2, 0) is 6.18 Å². The van der Waals surface area contributed by atoms with Crippen molar-refractivity contribution in [2.45, 2.75) is 43.7 Å². The molecule has 2 fully saturated rings. The third-order valence-corrected chi connectivity index (χ3v) is 8.35. The first-order valence-corrected chi connectivity index (χ1v) is 14.0. The average molecular weight is 564 g/mol. The molecule has 4 heterocycles. The van der Waals surface area contributed by atoms with Crippen molar-refractivity contribution in [3.8, 4) is 5.75 Å². The number of piperidine rings is 2. The van der Waals surface area contributed by atoms with Gasteiger partial charge in [-0.1, -0.05) is 12.1 Å². The van der Waals surface area contributed by atoms with Crippen LogP contribution in [0.1, 0.15) is 64.8 Å². The smallest absolute Gasteiger partial charge is 0.433 e. The number of fused-ring (bicyclic) bond motifs is 2. The van der Waals surface area contributed by atoms with Gasteiger partial charge >= 0.3 is 6.18 Å². The van der Waals surface area contributed by atoms with Crippen LogP contribution in [0.5, 0.6) is 5.75 Å². The summed E-state index contributed by atoms with van der Waals surface area (Å²) in [4.78, 5) is 21.7. The molecule has 0 unspecified atom stereocenters. The van der Waals surface area contributed by atoms with Crippen molar-refractivity contribution in [1.82, 2.24) is 20.6 Å². The van der Waals surface area contributed by atoms with Crippen molar-refractivity contribution >= 4 is 33.1 Å². The average Bonchev–Trinajstić information content (AvgIpc) is 3.00. The maximum absolute atomic E-state index is 13.8. The van der Waals surface area contributed by atoms with Crippen molar-refractivity contribution in [3.05, 3.63) is 71.3 Å². The fourth-order valence-electron chi connectivity index (χ4n) is 6.25. The summed E-state index contributed by atoms with van der Waals surface area (Å²) in [5.41, 5.74) is 1.64. The number of pyridine rings is 2. The number of nitrogens with zero attached hydrogens (tertiary/aromatic N) is 2. The van der Waals surface area contributed by atoms with Gasteiger partial charge in [0.1, 0.15) is 11.4 Å². The molecule has 0 spiro atoms. The predicted molar refractivity (Wildman–Crippen MR) is 153 cm³/mol. The van der Waals surface area contributed by atoms with E-state index in [1.165, 1.54) is 18.3 Å². The summed E-state index contributed by atoms with van der Waals surface area (Å²) in [7, 11) is 1.61. The van der Waals surface area contributed by atoms with Crippen molar-refractivity contribution < 1.29 is 22.7 Å². The van der Waals surface area contributed by atoms with Gasteiger partial charge in [0.15, 0.2) is 5.69 Å². The Kier molecular flexibility index (Phi) is 7.52. The number of hydrogen-bond acceptors (Lipinski definition) is 6. The predicted octanol–water partition coefficient (Wildman–Crippen LogP) is 6.00.